The fraction of sp³-hybridized carbons (Fsp3) is 0.154. The maximum atomic E-state index is 13.4. The van der Waals surface area contributed by atoms with Gasteiger partial charge in [-0.25, -0.2) is 4.79 Å². The standard InChI is InChI=1S/C26H25N3O7S/c1-35-23(30)14-8-16-7-13-20(19-5-3-4-6-21(19)26(32)36-37(2,33)34)22(15-16)25(31)29-18-11-9-17(10-12-18)24(27)28/h3-7,9-13,15H,8,14H2,1-2H3,(H3,27,28)(H,29,31). The zero-order chi connectivity index (χ0) is 27.2. The van der Waals surface area contributed by atoms with Gasteiger partial charge < -0.3 is 20.0 Å². The van der Waals surface area contributed by atoms with E-state index in [0.717, 1.165) is 6.26 Å². The second-order valence-electron chi connectivity index (χ2n) is 8.02. The van der Waals surface area contributed by atoms with E-state index in [0.29, 0.717) is 28.8 Å². The SMILES string of the molecule is COC(=O)CCc1ccc(-c2ccccc2C(=O)OS(C)(=O)=O)c(C(=O)Nc2ccc(C(=N)N)cc2)c1. The number of carbonyl (C=O) groups excluding carboxylic acids is 3. The predicted molar refractivity (Wildman–Crippen MR) is 138 cm³/mol. The molecule has 3 aromatic carbocycles. The maximum absolute atomic E-state index is 13.4. The number of amides is 1. The van der Waals surface area contributed by atoms with Crippen LogP contribution in [0, 0.1) is 5.41 Å². The molecule has 0 saturated carbocycles. The van der Waals surface area contributed by atoms with Gasteiger partial charge in [0.1, 0.15) is 5.84 Å². The molecule has 0 aliphatic heterocycles. The lowest BCUT2D eigenvalue weighted by atomic mass is 9.92. The molecule has 0 bridgehead atoms. The summed E-state index contributed by atoms with van der Waals surface area (Å²) in [6, 6.07) is 17.4. The van der Waals surface area contributed by atoms with Gasteiger partial charge in [-0.2, -0.15) is 8.42 Å². The number of hydrogen-bond acceptors (Lipinski definition) is 8. The van der Waals surface area contributed by atoms with Gasteiger partial charge in [0, 0.05) is 23.2 Å². The zero-order valence-electron chi connectivity index (χ0n) is 20.1. The summed E-state index contributed by atoms with van der Waals surface area (Å²) < 4.78 is 32.3. The number of nitrogen functional groups attached to an aromatic ring is 1. The highest BCUT2D eigenvalue weighted by Crippen LogP contribution is 2.30. The number of benzene rings is 3. The number of amidine groups is 1. The molecule has 0 fully saturated rings. The molecule has 192 valence electrons. The third kappa shape index (κ3) is 7.24. The van der Waals surface area contributed by atoms with Crippen LogP contribution in [0.15, 0.2) is 66.7 Å². The number of esters is 1. The Morgan fingerprint density at radius 3 is 2.22 bits per heavy atom. The normalized spacial score (nSPS) is 10.9. The second kappa shape index (κ2) is 11.5. The summed E-state index contributed by atoms with van der Waals surface area (Å²) in [6.07, 6.45) is 1.17. The number of anilines is 1. The van der Waals surface area contributed by atoms with Gasteiger partial charge in [0.25, 0.3) is 5.91 Å². The summed E-state index contributed by atoms with van der Waals surface area (Å²) in [6.45, 7) is 0. The van der Waals surface area contributed by atoms with Crippen LogP contribution in [-0.4, -0.2) is 45.5 Å². The summed E-state index contributed by atoms with van der Waals surface area (Å²) in [5, 5.41) is 10.3. The highest BCUT2D eigenvalue weighted by Gasteiger charge is 2.22. The number of aryl methyl sites for hydroxylation is 1. The van der Waals surface area contributed by atoms with Crippen molar-refractivity contribution in [1.82, 2.24) is 0 Å². The molecule has 0 aliphatic rings. The Balaban J connectivity index is 2.06. The first-order valence-electron chi connectivity index (χ1n) is 11.0. The molecule has 4 N–H and O–H groups in total. The van der Waals surface area contributed by atoms with Crippen LogP contribution < -0.4 is 11.1 Å². The number of ether oxygens (including phenoxy) is 1. The smallest absolute Gasteiger partial charge is 0.354 e. The number of nitrogens with one attached hydrogen (secondary N) is 2. The van der Waals surface area contributed by atoms with Crippen molar-refractivity contribution in [3.8, 4) is 11.1 Å². The van der Waals surface area contributed by atoms with Gasteiger partial charge >= 0.3 is 22.1 Å². The van der Waals surface area contributed by atoms with E-state index in [1.54, 1.807) is 60.7 Å². The molecule has 10 nitrogen and oxygen atoms in total. The molecule has 0 heterocycles. The lowest BCUT2D eigenvalue weighted by molar-refractivity contribution is -0.140. The van der Waals surface area contributed by atoms with Crippen molar-refractivity contribution in [1.29, 1.82) is 5.41 Å². The van der Waals surface area contributed by atoms with E-state index in [2.05, 4.69) is 14.2 Å². The van der Waals surface area contributed by atoms with E-state index in [1.807, 2.05) is 0 Å². The Morgan fingerprint density at radius 2 is 1.59 bits per heavy atom. The van der Waals surface area contributed by atoms with E-state index in [1.165, 1.54) is 13.2 Å². The summed E-state index contributed by atoms with van der Waals surface area (Å²) >= 11 is 0. The van der Waals surface area contributed by atoms with Gasteiger partial charge in [0.05, 0.1) is 18.9 Å². The molecule has 0 unspecified atom stereocenters. The Labute approximate surface area is 214 Å². The lowest BCUT2D eigenvalue weighted by Crippen LogP contribution is -2.16. The molecule has 0 atom stereocenters. The topological polar surface area (TPSA) is 166 Å². The minimum atomic E-state index is -4.07. The molecule has 0 aromatic heterocycles. The van der Waals surface area contributed by atoms with E-state index < -0.39 is 28.0 Å². The van der Waals surface area contributed by atoms with Crippen molar-refractivity contribution in [2.45, 2.75) is 12.8 Å². The molecule has 0 aliphatic carbocycles. The fourth-order valence-corrected chi connectivity index (χ4v) is 3.89. The summed E-state index contributed by atoms with van der Waals surface area (Å²) in [4.78, 5) is 37.6. The minimum absolute atomic E-state index is 0.0462. The molecular weight excluding hydrogens is 498 g/mol. The fourth-order valence-electron chi connectivity index (χ4n) is 3.53. The van der Waals surface area contributed by atoms with Gasteiger partial charge in [0.15, 0.2) is 0 Å². The Bertz CT molecular complexity index is 1470. The predicted octanol–water partition coefficient (Wildman–Crippen LogP) is 3.11. The van der Waals surface area contributed by atoms with Crippen LogP contribution in [0.4, 0.5) is 5.69 Å². The summed E-state index contributed by atoms with van der Waals surface area (Å²) in [7, 11) is -2.78. The molecule has 0 radical (unpaired) electrons. The number of methoxy groups -OCH3 is 1. The van der Waals surface area contributed by atoms with Crippen molar-refractivity contribution in [2.75, 3.05) is 18.7 Å². The van der Waals surface area contributed by atoms with Crippen molar-refractivity contribution in [3.63, 3.8) is 0 Å². The van der Waals surface area contributed by atoms with Gasteiger partial charge in [-0.1, -0.05) is 30.3 Å². The molecule has 37 heavy (non-hydrogen) atoms. The van der Waals surface area contributed by atoms with E-state index in [9.17, 15) is 22.8 Å². The van der Waals surface area contributed by atoms with Crippen molar-refractivity contribution in [2.24, 2.45) is 5.73 Å². The minimum Gasteiger partial charge on any atom is -0.469 e. The number of nitrogens with two attached hydrogens (primary N) is 1. The first-order chi connectivity index (χ1) is 17.5. The van der Waals surface area contributed by atoms with Crippen LogP contribution in [0.1, 0.15) is 38.3 Å². The number of carbonyl (C=O) groups is 3. The summed E-state index contributed by atoms with van der Waals surface area (Å²) in [5.41, 5.74) is 7.84. The van der Waals surface area contributed by atoms with Gasteiger partial charge in [-0.3, -0.25) is 15.0 Å². The average molecular weight is 524 g/mol. The molecule has 1 amide bonds. The molecule has 11 heteroatoms. The van der Waals surface area contributed by atoms with E-state index in [-0.39, 0.29) is 28.9 Å². The van der Waals surface area contributed by atoms with Crippen LogP contribution in [0.25, 0.3) is 11.1 Å². The largest absolute Gasteiger partial charge is 0.469 e. The molecule has 0 spiro atoms. The van der Waals surface area contributed by atoms with Crippen LogP contribution in [0.5, 0.6) is 0 Å². The van der Waals surface area contributed by atoms with Crippen molar-refractivity contribution < 1.29 is 31.7 Å². The van der Waals surface area contributed by atoms with Crippen molar-refractivity contribution >= 4 is 39.5 Å². The average Bonchev–Trinajstić information content (AvgIpc) is 2.86. The van der Waals surface area contributed by atoms with E-state index in [4.69, 9.17) is 11.1 Å². The number of rotatable bonds is 9. The lowest BCUT2D eigenvalue weighted by Gasteiger charge is -2.15. The van der Waals surface area contributed by atoms with Crippen LogP contribution in [0.3, 0.4) is 0 Å². The zero-order valence-corrected chi connectivity index (χ0v) is 20.9. The first kappa shape index (κ1) is 27.1. The highest BCUT2D eigenvalue weighted by molar-refractivity contribution is 7.86. The molecular formula is C26H25N3O7S. The third-order valence-electron chi connectivity index (χ3n) is 5.29. The second-order valence-corrected chi connectivity index (χ2v) is 9.60. The van der Waals surface area contributed by atoms with Crippen molar-refractivity contribution in [3.05, 3.63) is 89.0 Å². The highest BCUT2D eigenvalue weighted by atomic mass is 32.2. The van der Waals surface area contributed by atoms with Gasteiger partial charge in [-0.05, 0) is 59.5 Å². The van der Waals surface area contributed by atoms with Crippen LogP contribution in [0.2, 0.25) is 0 Å². The molecule has 3 aromatic rings. The molecule has 0 saturated heterocycles. The monoisotopic (exact) mass is 523 g/mol. The van der Waals surface area contributed by atoms with E-state index >= 15 is 0 Å². The maximum Gasteiger partial charge on any atom is 0.354 e. The Morgan fingerprint density at radius 1 is 0.946 bits per heavy atom. The summed E-state index contributed by atoms with van der Waals surface area (Å²) in [5.74, 6) is -2.12. The molecule has 3 rings (SSSR count). The first-order valence-corrected chi connectivity index (χ1v) is 12.8. The van der Waals surface area contributed by atoms with Gasteiger partial charge in [0.2, 0.25) is 0 Å². The van der Waals surface area contributed by atoms with Crippen LogP contribution >= 0.6 is 0 Å². The Hall–Kier alpha value is -4.51. The van der Waals surface area contributed by atoms with Crippen LogP contribution in [-0.2, 0) is 30.3 Å². The third-order valence-corrected chi connectivity index (χ3v) is 5.75. The Kier molecular flexibility index (Phi) is 8.41. The quantitative estimate of drug-likeness (QED) is 0.166. The van der Waals surface area contributed by atoms with Gasteiger partial charge in [-0.15, -0.1) is 0 Å². The number of hydrogen-bond donors (Lipinski definition) is 3.